The topological polar surface area (TPSA) is 141 Å². The van der Waals surface area contributed by atoms with Crippen LogP contribution >= 0.6 is 0 Å². The highest BCUT2D eigenvalue weighted by molar-refractivity contribution is 7.89. The molecule has 0 saturated carbocycles. The smallest absolute Gasteiger partial charge is 0.335 e. The quantitative estimate of drug-likeness (QED) is 0.633. The van der Waals surface area contributed by atoms with Gasteiger partial charge in [-0.25, -0.2) is 18.4 Å². The van der Waals surface area contributed by atoms with Crippen LogP contribution in [0.25, 0.3) is 0 Å². The van der Waals surface area contributed by atoms with E-state index in [9.17, 15) is 18.0 Å². The van der Waals surface area contributed by atoms with Crippen LogP contribution in [-0.4, -0.2) is 25.4 Å². The molecule has 0 bridgehead atoms. The van der Waals surface area contributed by atoms with Gasteiger partial charge < -0.3 is 10.8 Å². The van der Waals surface area contributed by atoms with Crippen LogP contribution in [0.15, 0.2) is 23.1 Å². The summed E-state index contributed by atoms with van der Waals surface area (Å²) < 4.78 is 22.0. The van der Waals surface area contributed by atoms with Gasteiger partial charge in [0, 0.05) is 5.56 Å². The number of rotatable bonds is 3. The molecular formula is C8H8N2O5S. The van der Waals surface area contributed by atoms with Gasteiger partial charge in [-0.15, -0.1) is 0 Å². The van der Waals surface area contributed by atoms with Crippen molar-refractivity contribution in [1.82, 2.24) is 0 Å². The normalized spacial score (nSPS) is 11.1. The van der Waals surface area contributed by atoms with Crippen molar-refractivity contribution in [2.24, 2.45) is 10.9 Å². The van der Waals surface area contributed by atoms with Gasteiger partial charge in [0.05, 0.1) is 10.5 Å². The van der Waals surface area contributed by atoms with E-state index in [4.69, 9.17) is 16.0 Å². The van der Waals surface area contributed by atoms with Gasteiger partial charge >= 0.3 is 5.97 Å². The van der Waals surface area contributed by atoms with Crippen LogP contribution in [0.5, 0.6) is 0 Å². The van der Waals surface area contributed by atoms with Gasteiger partial charge in [-0.2, -0.15) is 0 Å². The van der Waals surface area contributed by atoms with Crippen LogP contribution < -0.4 is 10.9 Å². The molecule has 0 aromatic heterocycles. The molecule has 0 atom stereocenters. The number of carbonyl (C=O) groups is 2. The van der Waals surface area contributed by atoms with Crippen molar-refractivity contribution < 1.29 is 23.1 Å². The third kappa shape index (κ3) is 2.55. The summed E-state index contributed by atoms with van der Waals surface area (Å²) in [5, 5.41) is 13.5. The Bertz CT molecular complexity index is 532. The van der Waals surface area contributed by atoms with Crippen LogP contribution in [0.2, 0.25) is 0 Å². The monoisotopic (exact) mass is 244 g/mol. The van der Waals surface area contributed by atoms with Gasteiger partial charge in [0.25, 0.3) is 0 Å². The highest BCUT2D eigenvalue weighted by atomic mass is 32.2. The van der Waals surface area contributed by atoms with Crippen LogP contribution in [0, 0.1) is 0 Å². The first-order valence-electron chi connectivity index (χ1n) is 3.93. The van der Waals surface area contributed by atoms with Crippen molar-refractivity contribution >= 4 is 21.9 Å². The van der Waals surface area contributed by atoms with Crippen LogP contribution in [-0.2, 0) is 10.0 Å². The lowest BCUT2D eigenvalue weighted by Crippen LogP contribution is -2.17. The molecule has 0 saturated heterocycles. The lowest BCUT2D eigenvalue weighted by atomic mass is 10.1. The number of hydrogen-bond donors (Lipinski definition) is 3. The molecule has 1 amide bonds. The summed E-state index contributed by atoms with van der Waals surface area (Å²) in [5.41, 5.74) is 4.32. The summed E-state index contributed by atoms with van der Waals surface area (Å²) in [4.78, 5) is 21.0. The van der Waals surface area contributed by atoms with E-state index in [1.165, 1.54) is 0 Å². The van der Waals surface area contributed by atoms with Gasteiger partial charge in [-0.3, -0.25) is 4.79 Å². The van der Waals surface area contributed by atoms with E-state index in [-0.39, 0.29) is 11.1 Å². The van der Waals surface area contributed by atoms with Crippen LogP contribution in [0.3, 0.4) is 0 Å². The minimum absolute atomic E-state index is 0.232. The Morgan fingerprint density at radius 3 is 2.00 bits per heavy atom. The Morgan fingerprint density at radius 2 is 1.62 bits per heavy atom. The van der Waals surface area contributed by atoms with E-state index in [0.29, 0.717) is 0 Å². The van der Waals surface area contributed by atoms with Gasteiger partial charge in [0.1, 0.15) is 0 Å². The molecule has 1 rings (SSSR count). The van der Waals surface area contributed by atoms with Gasteiger partial charge in [0.2, 0.25) is 15.9 Å². The Hall–Kier alpha value is -1.93. The number of carboxylic acids is 1. The van der Waals surface area contributed by atoms with Gasteiger partial charge in [-0.1, -0.05) is 0 Å². The SMILES string of the molecule is NC(=O)c1cc(C(=O)O)cc(S(N)(=O)=O)c1. The molecule has 0 radical (unpaired) electrons. The fourth-order valence-electron chi connectivity index (χ4n) is 1.03. The lowest BCUT2D eigenvalue weighted by Gasteiger charge is -2.03. The number of amides is 1. The average Bonchev–Trinajstić information content (AvgIpc) is 2.15. The standard InChI is InChI=1S/C8H8N2O5S/c9-7(11)4-1-5(8(12)13)3-6(2-4)16(10,14)15/h1-3H,(H2,9,11)(H,12,13)(H2,10,14,15). The van der Waals surface area contributed by atoms with E-state index in [0.717, 1.165) is 18.2 Å². The summed E-state index contributed by atoms with van der Waals surface area (Å²) in [6, 6.07) is 2.74. The first-order chi connectivity index (χ1) is 7.21. The molecular weight excluding hydrogens is 236 g/mol. The second kappa shape index (κ2) is 3.91. The number of nitrogens with two attached hydrogens (primary N) is 2. The molecule has 0 spiro atoms. The largest absolute Gasteiger partial charge is 0.478 e. The number of hydrogen-bond acceptors (Lipinski definition) is 4. The van der Waals surface area contributed by atoms with Gasteiger partial charge in [0.15, 0.2) is 0 Å². The molecule has 0 aliphatic rings. The third-order valence-electron chi connectivity index (χ3n) is 1.77. The molecule has 1 aromatic carbocycles. The fraction of sp³-hybridized carbons (Fsp3) is 0. The number of primary amides is 1. The Labute approximate surface area is 90.7 Å². The lowest BCUT2D eigenvalue weighted by molar-refractivity contribution is 0.0696. The highest BCUT2D eigenvalue weighted by Crippen LogP contribution is 2.14. The zero-order valence-electron chi connectivity index (χ0n) is 7.88. The Kier molecular flexibility index (Phi) is 2.97. The van der Waals surface area contributed by atoms with Crippen molar-refractivity contribution in [2.75, 3.05) is 0 Å². The molecule has 0 aliphatic heterocycles. The molecule has 5 N–H and O–H groups in total. The van der Waals surface area contributed by atoms with Crippen LogP contribution in [0.4, 0.5) is 0 Å². The van der Waals surface area contributed by atoms with Crippen molar-refractivity contribution in [3.63, 3.8) is 0 Å². The molecule has 0 heterocycles. The minimum Gasteiger partial charge on any atom is -0.478 e. The maximum atomic E-state index is 11.0. The molecule has 8 heteroatoms. The summed E-state index contributed by atoms with van der Waals surface area (Å²) in [7, 11) is -4.09. The molecule has 0 unspecified atom stereocenters. The zero-order chi connectivity index (χ0) is 12.5. The Morgan fingerprint density at radius 1 is 1.12 bits per heavy atom. The van der Waals surface area contributed by atoms with Crippen molar-refractivity contribution in [2.45, 2.75) is 4.90 Å². The molecule has 16 heavy (non-hydrogen) atoms. The predicted octanol–water partition coefficient (Wildman–Crippen LogP) is -0.869. The second-order valence-corrected chi connectivity index (χ2v) is 4.52. The number of benzene rings is 1. The van der Waals surface area contributed by atoms with E-state index in [1.807, 2.05) is 0 Å². The zero-order valence-corrected chi connectivity index (χ0v) is 8.69. The number of sulfonamides is 1. The fourth-order valence-corrected chi connectivity index (χ4v) is 1.61. The predicted molar refractivity (Wildman–Crippen MR) is 53.3 cm³/mol. The van der Waals surface area contributed by atoms with Crippen LogP contribution in [0.1, 0.15) is 20.7 Å². The number of carboxylic acid groups (broad SMARTS) is 1. The average molecular weight is 244 g/mol. The van der Waals surface area contributed by atoms with Crippen molar-refractivity contribution in [3.05, 3.63) is 29.3 Å². The summed E-state index contributed by atoms with van der Waals surface area (Å²) in [6.07, 6.45) is 0. The van der Waals surface area contributed by atoms with E-state index < -0.39 is 26.8 Å². The highest BCUT2D eigenvalue weighted by Gasteiger charge is 2.15. The first-order valence-corrected chi connectivity index (χ1v) is 5.47. The first kappa shape index (κ1) is 12.1. The molecule has 7 nitrogen and oxygen atoms in total. The molecule has 86 valence electrons. The summed E-state index contributed by atoms with van der Waals surface area (Å²) >= 11 is 0. The Balaban J connectivity index is 3.54. The third-order valence-corrected chi connectivity index (χ3v) is 2.66. The molecule has 1 aromatic rings. The molecule has 0 aliphatic carbocycles. The maximum Gasteiger partial charge on any atom is 0.335 e. The minimum atomic E-state index is -4.09. The number of primary sulfonamides is 1. The van der Waals surface area contributed by atoms with E-state index in [1.54, 1.807) is 0 Å². The maximum absolute atomic E-state index is 11.0. The number of carbonyl (C=O) groups excluding carboxylic acids is 1. The van der Waals surface area contributed by atoms with E-state index >= 15 is 0 Å². The number of aromatic carboxylic acids is 1. The van der Waals surface area contributed by atoms with Crippen molar-refractivity contribution in [3.8, 4) is 0 Å². The van der Waals surface area contributed by atoms with Crippen molar-refractivity contribution in [1.29, 1.82) is 0 Å². The molecule has 0 fully saturated rings. The van der Waals surface area contributed by atoms with Gasteiger partial charge in [-0.05, 0) is 18.2 Å². The van der Waals surface area contributed by atoms with E-state index in [2.05, 4.69) is 0 Å². The summed E-state index contributed by atoms with van der Waals surface area (Å²) in [6.45, 7) is 0. The summed E-state index contributed by atoms with van der Waals surface area (Å²) in [5.74, 6) is -2.32. The second-order valence-electron chi connectivity index (χ2n) is 2.96.